The normalized spacial score (nSPS) is 11.9. The van der Waals surface area contributed by atoms with Gasteiger partial charge in [0.05, 0.1) is 19.1 Å². The Bertz CT molecular complexity index is 213. The van der Waals surface area contributed by atoms with Crippen molar-refractivity contribution in [1.29, 1.82) is 0 Å². The van der Waals surface area contributed by atoms with E-state index in [9.17, 15) is 9.59 Å². The van der Waals surface area contributed by atoms with E-state index >= 15 is 0 Å². The third-order valence-corrected chi connectivity index (χ3v) is 2.26. The highest BCUT2D eigenvalue weighted by Gasteiger charge is 2.13. The smallest absolute Gasteiger partial charge is 0.308 e. The lowest BCUT2D eigenvalue weighted by Crippen LogP contribution is -2.14. The Morgan fingerprint density at radius 2 is 1.69 bits per heavy atom. The molecule has 1 atom stereocenters. The second-order valence-corrected chi connectivity index (χ2v) is 3.70. The van der Waals surface area contributed by atoms with Gasteiger partial charge < -0.3 is 9.47 Å². The number of unbranched alkanes of at least 4 members (excludes halogenated alkanes) is 1. The van der Waals surface area contributed by atoms with Gasteiger partial charge in [0, 0.05) is 6.42 Å². The number of esters is 2. The first-order valence-electron chi connectivity index (χ1n) is 5.94. The van der Waals surface area contributed by atoms with Gasteiger partial charge in [-0.3, -0.25) is 9.59 Å². The fourth-order valence-electron chi connectivity index (χ4n) is 1.36. The van der Waals surface area contributed by atoms with Crippen molar-refractivity contribution in [2.24, 2.45) is 5.92 Å². The lowest BCUT2D eigenvalue weighted by Gasteiger charge is -2.09. The maximum absolute atomic E-state index is 11.3. The van der Waals surface area contributed by atoms with Gasteiger partial charge in [-0.15, -0.1) is 0 Å². The quantitative estimate of drug-likeness (QED) is 0.474. The van der Waals surface area contributed by atoms with E-state index in [0.29, 0.717) is 19.6 Å². The lowest BCUT2D eigenvalue weighted by molar-refractivity contribution is -0.147. The molecule has 4 heteroatoms. The van der Waals surface area contributed by atoms with E-state index in [0.717, 1.165) is 19.3 Å². The van der Waals surface area contributed by atoms with Gasteiger partial charge in [-0.1, -0.05) is 13.3 Å². The summed E-state index contributed by atoms with van der Waals surface area (Å²) in [5, 5.41) is 0. The number of hydrogen-bond donors (Lipinski definition) is 0. The first kappa shape index (κ1) is 14.9. The summed E-state index contributed by atoms with van der Waals surface area (Å²) in [6.45, 7) is 6.29. The van der Waals surface area contributed by atoms with E-state index in [-0.39, 0.29) is 17.9 Å². The van der Waals surface area contributed by atoms with Gasteiger partial charge in [0.25, 0.3) is 0 Å². The summed E-state index contributed by atoms with van der Waals surface area (Å²) in [5.41, 5.74) is 0. The van der Waals surface area contributed by atoms with Gasteiger partial charge in [-0.25, -0.2) is 0 Å². The molecule has 0 N–H and O–H groups in total. The maximum Gasteiger partial charge on any atom is 0.308 e. The van der Waals surface area contributed by atoms with E-state index in [1.807, 2.05) is 6.92 Å². The summed E-state index contributed by atoms with van der Waals surface area (Å²) >= 11 is 0. The summed E-state index contributed by atoms with van der Waals surface area (Å²) in [6, 6.07) is 0. The monoisotopic (exact) mass is 230 g/mol. The molecule has 0 aromatic rings. The fraction of sp³-hybridized carbons (Fsp3) is 0.833. The molecular weight excluding hydrogens is 208 g/mol. The van der Waals surface area contributed by atoms with Crippen molar-refractivity contribution in [1.82, 2.24) is 0 Å². The number of carbonyl (C=O) groups is 2. The summed E-state index contributed by atoms with van der Waals surface area (Å²) in [7, 11) is 0. The van der Waals surface area contributed by atoms with Crippen LogP contribution in [0.4, 0.5) is 0 Å². The van der Waals surface area contributed by atoms with Crippen LogP contribution >= 0.6 is 0 Å². The minimum absolute atomic E-state index is 0.0813. The lowest BCUT2D eigenvalue weighted by atomic mass is 10.0. The highest BCUT2D eigenvalue weighted by molar-refractivity contribution is 5.72. The number of hydrogen-bond acceptors (Lipinski definition) is 4. The Balaban J connectivity index is 3.51. The zero-order valence-corrected chi connectivity index (χ0v) is 10.5. The molecule has 0 aliphatic rings. The summed E-state index contributed by atoms with van der Waals surface area (Å²) in [4.78, 5) is 22.3. The Morgan fingerprint density at radius 3 is 2.25 bits per heavy atom. The first-order valence-corrected chi connectivity index (χ1v) is 5.94. The fourth-order valence-corrected chi connectivity index (χ4v) is 1.36. The molecule has 94 valence electrons. The highest BCUT2D eigenvalue weighted by atomic mass is 16.5. The van der Waals surface area contributed by atoms with Crippen molar-refractivity contribution in [3.8, 4) is 0 Å². The van der Waals surface area contributed by atoms with Gasteiger partial charge >= 0.3 is 11.9 Å². The summed E-state index contributed by atoms with van der Waals surface area (Å²) < 4.78 is 9.69. The Kier molecular flexibility index (Phi) is 8.58. The predicted octanol–water partition coefficient (Wildman–Crippen LogP) is 2.31. The van der Waals surface area contributed by atoms with Gasteiger partial charge in [-0.2, -0.15) is 0 Å². The van der Waals surface area contributed by atoms with Gasteiger partial charge in [-0.05, 0) is 26.7 Å². The average Bonchev–Trinajstić information content (AvgIpc) is 2.24. The summed E-state index contributed by atoms with van der Waals surface area (Å²) in [5.74, 6) is -0.396. The van der Waals surface area contributed by atoms with E-state index in [1.165, 1.54) is 0 Å². The van der Waals surface area contributed by atoms with Crippen LogP contribution in [0, 0.1) is 5.92 Å². The van der Waals surface area contributed by atoms with Crippen molar-refractivity contribution < 1.29 is 19.1 Å². The van der Waals surface area contributed by atoms with Crippen LogP contribution in [0.25, 0.3) is 0 Å². The van der Waals surface area contributed by atoms with E-state index in [4.69, 9.17) is 9.47 Å². The molecule has 0 radical (unpaired) electrons. The van der Waals surface area contributed by atoms with Crippen LogP contribution in [-0.2, 0) is 19.1 Å². The average molecular weight is 230 g/mol. The number of rotatable bonds is 8. The van der Waals surface area contributed by atoms with Crippen LogP contribution in [0.15, 0.2) is 0 Å². The highest BCUT2D eigenvalue weighted by Crippen LogP contribution is 2.11. The minimum atomic E-state index is -0.161. The van der Waals surface area contributed by atoms with Crippen molar-refractivity contribution in [2.45, 2.75) is 46.5 Å². The van der Waals surface area contributed by atoms with E-state index in [1.54, 1.807) is 13.8 Å². The van der Waals surface area contributed by atoms with E-state index < -0.39 is 0 Å². The zero-order chi connectivity index (χ0) is 12.4. The third-order valence-electron chi connectivity index (χ3n) is 2.26. The SMILES string of the molecule is CCOC(=O)CCCCC(C)C(=O)OCC. The van der Waals surface area contributed by atoms with Crippen LogP contribution in [0.2, 0.25) is 0 Å². The van der Waals surface area contributed by atoms with Crippen molar-refractivity contribution in [2.75, 3.05) is 13.2 Å². The van der Waals surface area contributed by atoms with Gasteiger partial charge in [0.2, 0.25) is 0 Å². The molecule has 0 aliphatic heterocycles. The molecule has 0 bridgehead atoms. The minimum Gasteiger partial charge on any atom is -0.466 e. The molecule has 1 unspecified atom stereocenters. The molecule has 0 fully saturated rings. The first-order chi connectivity index (χ1) is 7.61. The van der Waals surface area contributed by atoms with Crippen LogP contribution in [0.1, 0.15) is 46.5 Å². The Labute approximate surface area is 97.3 Å². The summed E-state index contributed by atoms with van der Waals surface area (Å²) in [6.07, 6.45) is 2.81. The van der Waals surface area contributed by atoms with Crippen LogP contribution in [0.3, 0.4) is 0 Å². The number of ether oxygens (including phenoxy) is 2. The predicted molar refractivity (Wildman–Crippen MR) is 60.9 cm³/mol. The van der Waals surface area contributed by atoms with E-state index in [2.05, 4.69) is 0 Å². The largest absolute Gasteiger partial charge is 0.466 e. The molecule has 0 saturated heterocycles. The molecular formula is C12H22O4. The topological polar surface area (TPSA) is 52.6 Å². The van der Waals surface area contributed by atoms with Crippen molar-refractivity contribution in [3.05, 3.63) is 0 Å². The second-order valence-electron chi connectivity index (χ2n) is 3.70. The molecule has 0 amide bonds. The molecule has 0 aliphatic carbocycles. The van der Waals surface area contributed by atoms with Crippen LogP contribution in [0.5, 0.6) is 0 Å². The standard InChI is InChI=1S/C12H22O4/c1-4-15-11(13)9-7-6-8-10(3)12(14)16-5-2/h10H,4-9H2,1-3H3. The molecule has 0 aromatic carbocycles. The van der Waals surface area contributed by atoms with Crippen LogP contribution < -0.4 is 0 Å². The molecule has 0 aromatic heterocycles. The molecule has 16 heavy (non-hydrogen) atoms. The Hall–Kier alpha value is -1.06. The third kappa shape index (κ3) is 7.26. The molecule has 0 rings (SSSR count). The zero-order valence-electron chi connectivity index (χ0n) is 10.5. The number of carbonyl (C=O) groups excluding carboxylic acids is 2. The molecule has 0 saturated carbocycles. The Morgan fingerprint density at radius 1 is 1.06 bits per heavy atom. The molecule has 0 heterocycles. The van der Waals surface area contributed by atoms with Crippen molar-refractivity contribution >= 4 is 11.9 Å². The van der Waals surface area contributed by atoms with Gasteiger partial charge in [0.15, 0.2) is 0 Å². The maximum atomic E-state index is 11.3. The van der Waals surface area contributed by atoms with Crippen LogP contribution in [-0.4, -0.2) is 25.2 Å². The molecule has 0 spiro atoms. The van der Waals surface area contributed by atoms with Gasteiger partial charge in [0.1, 0.15) is 0 Å². The van der Waals surface area contributed by atoms with Crippen molar-refractivity contribution in [3.63, 3.8) is 0 Å². The molecule has 4 nitrogen and oxygen atoms in total. The second kappa shape index (κ2) is 9.19.